The fourth-order valence-electron chi connectivity index (χ4n) is 4.38. The van der Waals surface area contributed by atoms with Crippen LogP contribution in [0, 0.1) is 0 Å². The van der Waals surface area contributed by atoms with Crippen LogP contribution in [0.2, 0.25) is 5.02 Å². The van der Waals surface area contributed by atoms with Crippen LogP contribution in [0.25, 0.3) is 0 Å². The van der Waals surface area contributed by atoms with Crippen LogP contribution in [0.4, 0.5) is 5.69 Å². The second-order valence-corrected chi connectivity index (χ2v) is 8.98. The summed E-state index contributed by atoms with van der Waals surface area (Å²) in [5.74, 6) is 0.317. The van der Waals surface area contributed by atoms with Crippen molar-refractivity contribution in [1.29, 1.82) is 0 Å². The van der Waals surface area contributed by atoms with Crippen molar-refractivity contribution in [3.05, 3.63) is 94.0 Å². The summed E-state index contributed by atoms with van der Waals surface area (Å²) in [4.78, 5) is 17.6. The number of rotatable bonds is 7. The topological polar surface area (TPSA) is 44.8 Å². The summed E-state index contributed by atoms with van der Waals surface area (Å²) in [5.41, 5.74) is 5.52. The molecule has 0 fully saturated rings. The maximum Gasteiger partial charge on any atom is 0.255 e. The molecule has 172 valence electrons. The van der Waals surface area contributed by atoms with Crippen molar-refractivity contribution in [1.82, 2.24) is 10.2 Å². The molecule has 33 heavy (non-hydrogen) atoms. The largest absolute Gasteiger partial charge is 0.496 e. The lowest BCUT2D eigenvalue weighted by atomic mass is 9.96. The van der Waals surface area contributed by atoms with Gasteiger partial charge in [0.05, 0.1) is 18.7 Å². The fraction of sp³-hybridized carbons (Fsp3) is 0.296. The highest BCUT2D eigenvalue weighted by Crippen LogP contribution is 2.29. The average Bonchev–Trinajstić information content (AvgIpc) is 2.84. The molecule has 0 radical (unpaired) electrons. The Kier molecular flexibility index (Phi) is 7.21. The number of carbonyl (C=O) groups excluding carboxylic acids is 1. The van der Waals surface area contributed by atoms with Gasteiger partial charge in [0.25, 0.3) is 5.91 Å². The first-order valence-corrected chi connectivity index (χ1v) is 11.5. The Morgan fingerprint density at radius 3 is 2.52 bits per heavy atom. The molecule has 0 saturated carbocycles. The predicted octanol–water partition coefficient (Wildman–Crippen LogP) is 4.94. The number of benzene rings is 3. The molecule has 0 aliphatic carbocycles. The maximum atomic E-state index is 13.1. The van der Waals surface area contributed by atoms with Crippen molar-refractivity contribution in [2.24, 2.45) is 0 Å². The van der Waals surface area contributed by atoms with E-state index < -0.39 is 0 Å². The quantitative estimate of drug-likeness (QED) is 0.538. The van der Waals surface area contributed by atoms with Crippen molar-refractivity contribution >= 4 is 23.2 Å². The van der Waals surface area contributed by atoms with Crippen molar-refractivity contribution in [3.63, 3.8) is 0 Å². The van der Waals surface area contributed by atoms with E-state index in [0.717, 1.165) is 25.2 Å². The minimum absolute atomic E-state index is 0.0451. The third-order valence-corrected chi connectivity index (χ3v) is 6.49. The molecule has 1 N–H and O–H groups in total. The lowest BCUT2D eigenvalue weighted by Gasteiger charge is -2.36. The minimum atomic E-state index is -0.193. The highest BCUT2D eigenvalue weighted by atomic mass is 35.5. The molecule has 1 aliphatic rings. The van der Waals surface area contributed by atoms with Gasteiger partial charge in [-0.1, -0.05) is 48.0 Å². The number of carbonyl (C=O) groups is 1. The molecule has 1 atom stereocenters. The Labute approximate surface area is 200 Å². The van der Waals surface area contributed by atoms with Gasteiger partial charge in [0, 0.05) is 44.4 Å². The summed E-state index contributed by atoms with van der Waals surface area (Å²) < 4.78 is 5.37. The number of ether oxygens (including phenoxy) is 1. The van der Waals surface area contributed by atoms with Crippen LogP contribution >= 0.6 is 11.6 Å². The summed E-state index contributed by atoms with van der Waals surface area (Å²) in [6.45, 7) is 2.28. The van der Waals surface area contributed by atoms with Gasteiger partial charge < -0.3 is 15.0 Å². The van der Waals surface area contributed by atoms with Crippen LogP contribution in [0.1, 0.15) is 33.1 Å². The fourth-order valence-corrected chi connectivity index (χ4v) is 4.55. The molecular weight excluding hydrogens is 434 g/mol. The lowest BCUT2D eigenvalue weighted by Crippen LogP contribution is -2.40. The Bertz CT molecular complexity index is 1110. The molecule has 0 bridgehead atoms. The molecule has 0 spiro atoms. The number of methoxy groups -OCH3 is 1. The molecule has 5 nitrogen and oxygen atoms in total. The van der Waals surface area contributed by atoms with Gasteiger partial charge >= 0.3 is 0 Å². The van der Waals surface area contributed by atoms with Crippen LogP contribution in [-0.2, 0) is 13.0 Å². The van der Waals surface area contributed by atoms with E-state index in [1.165, 1.54) is 16.7 Å². The Morgan fingerprint density at radius 1 is 1.09 bits per heavy atom. The van der Waals surface area contributed by atoms with Gasteiger partial charge in [0.15, 0.2) is 0 Å². The number of fused-ring (bicyclic) bond motifs is 1. The SMILES string of the molecule is COc1ccc(Cl)cc1C(=O)NC[C@H](c1ccc(N(C)C)cc1)N1CCc2ccccc2C1. The Balaban J connectivity index is 1.58. The van der Waals surface area contributed by atoms with Gasteiger partial charge in [-0.05, 0) is 53.4 Å². The molecular formula is C27H30ClN3O2. The summed E-state index contributed by atoms with van der Waals surface area (Å²) in [6.07, 6.45) is 0.999. The molecule has 1 heterocycles. The normalized spacial score (nSPS) is 14.3. The van der Waals surface area contributed by atoms with Gasteiger partial charge in [0.1, 0.15) is 5.75 Å². The zero-order valence-corrected chi connectivity index (χ0v) is 20.1. The van der Waals surface area contributed by atoms with Crippen LogP contribution in [0.15, 0.2) is 66.7 Å². The Hall–Kier alpha value is -3.02. The number of anilines is 1. The summed E-state index contributed by atoms with van der Waals surface area (Å²) in [5, 5.41) is 3.63. The highest BCUT2D eigenvalue weighted by Gasteiger charge is 2.26. The van der Waals surface area contributed by atoms with Gasteiger partial charge in [0.2, 0.25) is 0 Å². The van der Waals surface area contributed by atoms with E-state index in [2.05, 4.69) is 63.6 Å². The molecule has 4 rings (SSSR count). The monoisotopic (exact) mass is 463 g/mol. The number of halogens is 1. The van der Waals surface area contributed by atoms with Crippen molar-refractivity contribution in [2.45, 2.75) is 19.0 Å². The van der Waals surface area contributed by atoms with E-state index in [1.54, 1.807) is 25.3 Å². The van der Waals surface area contributed by atoms with E-state index in [0.29, 0.717) is 22.9 Å². The number of nitrogens with one attached hydrogen (secondary N) is 1. The molecule has 6 heteroatoms. The first-order chi connectivity index (χ1) is 16.0. The number of hydrogen-bond acceptors (Lipinski definition) is 4. The molecule has 0 saturated heterocycles. The van der Waals surface area contributed by atoms with Crippen molar-refractivity contribution in [2.75, 3.05) is 39.2 Å². The van der Waals surface area contributed by atoms with E-state index in [9.17, 15) is 4.79 Å². The summed E-state index contributed by atoms with van der Waals surface area (Å²) in [6, 6.07) is 22.3. The Morgan fingerprint density at radius 2 is 1.82 bits per heavy atom. The van der Waals surface area contributed by atoms with E-state index in [4.69, 9.17) is 16.3 Å². The van der Waals surface area contributed by atoms with Gasteiger partial charge in [-0.25, -0.2) is 0 Å². The zero-order valence-electron chi connectivity index (χ0n) is 19.3. The van der Waals surface area contributed by atoms with Crippen LogP contribution < -0.4 is 15.0 Å². The third kappa shape index (κ3) is 5.32. The average molecular weight is 464 g/mol. The molecule has 3 aromatic rings. The van der Waals surface area contributed by atoms with Crippen LogP contribution in [0.5, 0.6) is 5.75 Å². The number of hydrogen-bond donors (Lipinski definition) is 1. The molecule has 3 aromatic carbocycles. The summed E-state index contributed by atoms with van der Waals surface area (Å²) >= 11 is 6.14. The number of amides is 1. The van der Waals surface area contributed by atoms with Gasteiger partial charge in [-0.2, -0.15) is 0 Å². The maximum absolute atomic E-state index is 13.1. The zero-order chi connectivity index (χ0) is 23.4. The van der Waals surface area contributed by atoms with Gasteiger partial charge in [-0.3, -0.25) is 9.69 Å². The van der Waals surface area contributed by atoms with Crippen LogP contribution in [0.3, 0.4) is 0 Å². The third-order valence-electron chi connectivity index (χ3n) is 6.26. The lowest BCUT2D eigenvalue weighted by molar-refractivity contribution is 0.0924. The van der Waals surface area contributed by atoms with Crippen molar-refractivity contribution < 1.29 is 9.53 Å². The first-order valence-electron chi connectivity index (χ1n) is 11.2. The second-order valence-electron chi connectivity index (χ2n) is 8.55. The van der Waals surface area contributed by atoms with E-state index >= 15 is 0 Å². The van der Waals surface area contributed by atoms with Gasteiger partial charge in [-0.15, -0.1) is 0 Å². The minimum Gasteiger partial charge on any atom is -0.496 e. The van der Waals surface area contributed by atoms with Crippen LogP contribution in [-0.4, -0.2) is 45.1 Å². The number of nitrogens with zero attached hydrogens (tertiary/aromatic N) is 2. The summed E-state index contributed by atoms with van der Waals surface area (Å²) in [7, 11) is 5.62. The molecule has 0 aromatic heterocycles. The molecule has 0 unspecified atom stereocenters. The highest BCUT2D eigenvalue weighted by molar-refractivity contribution is 6.31. The predicted molar refractivity (Wildman–Crippen MR) is 134 cm³/mol. The van der Waals surface area contributed by atoms with E-state index in [-0.39, 0.29) is 11.9 Å². The first kappa shape index (κ1) is 23.1. The smallest absolute Gasteiger partial charge is 0.255 e. The van der Waals surface area contributed by atoms with Crippen molar-refractivity contribution in [3.8, 4) is 5.75 Å². The second kappa shape index (κ2) is 10.3. The molecule has 1 aliphatic heterocycles. The standard InChI is InChI=1S/C27H30ClN3O2/c1-30(2)23-11-8-20(9-12-23)25(31-15-14-19-6-4-5-7-21(19)18-31)17-29-27(32)24-16-22(28)10-13-26(24)33-3/h4-13,16,25H,14-15,17-18H2,1-3H3,(H,29,32)/t25-/m1/s1. The molecule has 1 amide bonds. The van der Waals surface area contributed by atoms with E-state index in [1.807, 2.05) is 14.1 Å².